The molecule has 0 aliphatic rings. The number of benzene rings is 2. The molecule has 2 heteroatoms. The summed E-state index contributed by atoms with van der Waals surface area (Å²) < 4.78 is 5.66. The average molecular weight is 265 g/mol. The number of rotatable bonds is 6. The van der Waals surface area contributed by atoms with Gasteiger partial charge in [0.2, 0.25) is 0 Å². The van der Waals surface area contributed by atoms with Crippen molar-refractivity contribution >= 4 is 0 Å². The summed E-state index contributed by atoms with van der Waals surface area (Å²) in [5, 5.41) is 9.33. The lowest BCUT2D eigenvalue weighted by molar-refractivity contribution is 0.305. The molecule has 0 amide bonds. The van der Waals surface area contributed by atoms with Crippen LogP contribution in [0.4, 0.5) is 0 Å². The molecule has 0 aliphatic heterocycles. The van der Waals surface area contributed by atoms with E-state index >= 15 is 0 Å². The summed E-state index contributed by atoms with van der Waals surface area (Å²) in [5.74, 6) is 0.840. The van der Waals surface area contributed by atoms with Gasteiger partial charge in [-0.3, -0.25) is 0 Å². The van der Waals surface area contributed by atoms with Gasteiger partial charge in [-0.05, 0) is 43.0 Å². The first kappa shape index (κ1) is 14.1. The Balaban J connectivity index is 1.83. The van der Waals surface area contributed by atoms with Gasteiger partial charge in [0.15, 0.2) is 0 Å². The molecule has 1 unspecified atom stereocenters. The van der Waals surface area contributed by atoms with Crippen LogP contribution in [-0.4, -0.2) is 6.61 Å². The molecule has 1 atom stereocenters. The third kappa shape index (κ3) is 3.86. The largest absolute Gasteiger partial charge is 0.494 e. The van der Waals surface area contributed by atoms with E-state index in [1.165, 1.54) is 5.56 Å². The van der Waals surface area contributed by atoms with Crippen molar-refractivity contribution in [1.29, 1.82) is 5.26 Å². The van der Waals surface area contributed by atoms with Gasteiger partial charge in [0, 0.05) is 0 Å². The van der Waals surface area contributed by atoms with Crippen LogP contribution < -0.4 is 4.74 Å². The lowest BCUT2D eigenvalue weighted by Gasteiger charge is -2.12. The summed E-state index contributed by atoms with van der Waals surface area (Å²) in [7, 11) is 0. The van der Waals surface area contributed by atoms with E-state index in [-0.39, 0.29) is 5.92 Å². The standard InChI is InChI=1S/C18H19NO/c1-15-8-5-6-12-18(15)16(14-19)9-7-13-20-17-10-3-2-4-11-17/h2-6,8,10-12,16H,7,9,13H2,1H3. The van der Waals surface area contributed by atoms with E-state index < -0.39 is 0 Å². The highest BCUT2D eigenvalue weighted by molar-refractivity contribution is 5.32. The monoisotopic (exact) mass is 265 g/mol. The Kier molecular flexibility index (Phi) is 5.20. The number of nitrogens with zero attached hydrogens (tertiary/aromatic N) is 1. The minimum Gasteiger partial charge on any atom is -0.494 e. The van der Waals surface area contributed by atoms with Crippen molar-refractivity contribution in [1.82, 2.24) is 0 Å². The van der Waals surface area contributed by atoms with Crippen LogP contribution in [0.2, 0.25) is 0 Å². The Labute approximate surface area is 120 Å². The molecule has 0 bridgehead atoms. The minimum atomic E-state index is -0.0458. The Bertz CT molecular complexity index is 571. The summed E-state index contributed by atoms with van der Waals surface area (Å²) in [6, 6.07) is 20.3. The highest BCUT2D eigenvalue weighted by Crippen LogP contribution is 2.23. The van der Waals surface area contributed by atoms with Crippen molar-refractivity contribution in [2.24, 2.45) is 0 Å². The summed E-state index contributed by atoms with van der Waals surface area (Å²) in [4.78, 5) is 0. The number of ether oxygens (including phenoxy) is 1. The van der Waals surface area contributed by atoms with E-state index in [9.17, 15) is 5.26 Å². The Morgan fingerprint density at radius 3 is 2.45 bits per heavy atom. The van der Waals surface area contributed by atoms with Crippen molar-refractivity contribution in [3.05, 3.63) is 65.7 Å². The van der Waals surface area contributed by atoms with E-state index in [0.717, 1.165) is 24.2 Å². The van der Waals surface area contributed by atoms with Crippen molar-refractivity contribution in [3.8, 4) is 11.8 Å². The van der Waals surface area contributed by atoms with Crippen molar-refractivity contribution < 1.29 is 4.74 Å². The molecule has 0 N–H and O–H groups in total. The molecule has 0 fully saturated rings. The molecule has 0 aromatic heterocycles. The van der Waals surface area contributed by atoms with Gasteiger partial charge in [-0.2, -0.15) is 5.26 Å². The van der Waals surface area contributed by atoms with E-state index in [1.54, 1.807) is 0 Å². The molecular weight excluding hydrogens is 246 g/mol. The van der Waals surface area contributed by atoms with Crippen LogP contribution in [0.25, 0.3) is 0 Å². The minimum absolute atomic E-state index is 0.0458. The second-order valence-electron chi connectivity index (χ2n) is 4.84. The van der Waals surface area contributed by atoms with Gasteiger partial charge in [-0.15, -0.1) is 0 Å². The predicted octanol–water partition coefficient (Wildman–Crippen LogP) is 4.46. The zero-order valence-electron chi connectivity index (χ0n) is 11.8. The number of nitriles is 1. The molecule has 0 saturated carbocycles. The summed E-state index contributed by atoms with van der Waals surface area (Å²) in [6.45, 7) is 2.70. The SMILES string of the molecule is Cc1ccccc1C(C#N)CCCOc1ccccc1. The first-order valence-corrected chi connectivity index (χ1v) is 6.94. The maximum absolute atomic E-state index is 9.33. The first-order valence-electron chi connectivity index (χ1n) is 6.94. The quantitative estimate of drug-likeness (QED) is 0.722. The summed E-state index contributed by atoms with van der Waals surface area (Å²) >= 11 is 0. The fourth-order valence-corrected chi connectivity index (χ4v) is 2.26. The lowest BCUT2D eigenvalue weighted by Crippen LogP contribution is -2.03. The number of para-hydroxylation sites is 1. The van der Waals surface area contributed by atoms with E-state index in [0.29, 0.717) is 6.61 Å². The second kappa shape index (κ2) is 7.35. The van der Waals surface area contributed by atoms with Crippen LogP contribution >= 0.6 is 0 Å². The molecule has 2 aromatic rings. The molecule has 2 aromatic carbocycles. The molecule has 0 saturated heterocycles. The highest BCUT2D eigenvalue weighted by atomic mass is 16.5. The van der Waals surface area contributed by atoms with Crippen LogP contribution in [0.1, 0.15) is 29.9 Å². The average Bonchev–Trinajstić information content (AvgIpc) is 2.50. The third-order valence-electron chi connectivity index (χ3n) is 3.37. The van der Waals surface area contributed by atoms with Crippen LogP contribution in [0.15, 0.2) is 54.6 Å². The van der Waals surface area contributed by atoms with Crippen molar-refractivity contribution in [2.75, 3.05) is 6.61 Å². The highest BCUT2D eigenvalue weighted by Gasteiger charge is 2.12. The van der Waals surface area contributed by atoms with Gasteiger partial charge in [0.1, 0.15) is 5.75 Å². The van der Waals surface area contributed by atoms with Crippen molar-refractivity contribution in [3.63, 3.8) is 0 Å². The van der Waals surface area contributed by atoms with Crippen LogP contribution in [0.5, 0.6) is 5.75 Å². The molecule has 2 nitrogen and oxygen atoms in total. The zero-order valence-corrected chi connectivity index (χ0v) is 11.8. The fourth-order valence-electron chi connectivity index (χ4n) is 2.26. The third-order valence-corrected chi connectivity index (χ3v) is 3.37. The molecule has 2 rings (SSSR count). The van der Waals surface area contributed by atoms with E-state index in [2.05, 4.69) is 19.1 Å². The topological polar surface area (TPSA) is 33.0 Å². The van der Waals surface area contributed by atoms with E-state index in [1.807, 2.05) is 48.5 Å². The van der Waals surface area contributed by atoms with Crippen LogP contribution in [-0.2, 0) is 0 Å². The van der Waals surface area contributed by atoms with Gasteiger partial charge in [-0.1, -0.05) is 42.5 Å². The van der Waals surface area contributed by atoms with Gasteiger partial charge in [0.05, 0.1) is 18.6 Å². The van der Waals surface area contributed by atoms with Crippen LogP contribution in [0, 0.1) is 18.3 Å². The molecule has 0 radical (unpaired) electrons. The molecule has 0 heterocycles. The number of hydrogen-bond acceptors (Lipinski definition) is 2. The zero-order chi connectivity index (χ0) is 14.2. The molecule has 20 heavy (non-hydrogen) atoms. The maximum atomic E-state index is 9.33. The smallest absolute Gasteiger partial charge is 0.119 e. The normalized spacial score (nSPS) is 11.6. The molecule has 102 valence electrons. The van der Waals surface area contributed by atoms with Crippen molar-refractivity contribution in [2.45, 2.75) is 25.7 Å². The van der Waals surface area contributed by atoms with E-state index in [4.69, 9.17) is 4.74 Å². The van der Waals surface area contributed by atoms with Gasteiger partial charge in [0.25, 0.3) is 0 Å². The summed E-state index contributed by atoms with van der Waals surface area (Å²) in [5.41, 5.74) is 2.32. The van der Waals surface area contributed by atoms with Crippen LogP contribution in [0.3, 0.4) is 0 Å². The predicted molar refractivity (Wildman–Crippen MR) is 80.7 cm³/mol. The number of aryl methyl sites for hydroxylation is 1. The fraction of sp³-hybridized carbons (Fsp3) is 0.278. The Morgan fingerprint density at radius 1 is 1.05 bits per heavy atom. The Morgan fingerprint density at radius 2 is 1.75 bits per heavy atom. The molecule has 0 aliphatic carbocycles. The second-order valence-corrected chi connectivity index (χ2v) is 4.84. The maximum Gasteiger partial charge on any atom is 0.119 e. The summed E-state index contributed by atoms with van der Waals surface area (Å²) in [6.07, 6.45) is 1.70. The van der Waals surface area contributed by atoms with Gasteiger partial charge >= 0.3 is 0 Å². The Hall–Kier alpha value is -2.27. The van der Waals surface area contributed by atoms with Gasteiger partial charge in [-0.25, -0.2) is 0 Å². The molecule has 0 spiro atoms. The number of hydrogen-bond donors (Lipinski definition) is 0. The molecular formula is C18H19NO. The first-order chi connectivity index (χ1) is 9.81. The lowest BCUT2D eigenvalue weighted by atomic mass is 9.92. The van der Waals surface area contributed by atoms with Gasteiger partial charge < -0.3 is 4.74 Å².